The molecule has 4 aromatic rings. The standard InChI is InChI=1S/C36H39Cl2N3O4S/c1-5-26(3)39-36(43)34(22-28-14-8-6-9-15-28)40(23-29-19-20-31(37)32(38)21-29)35(42)24-41(33-18-12-13-25(2)27(33)4)46(44,45)30-16-10-7-11-17-30/h6-21,26,34H,5,22-24H2,1-4H3,(H,39,43). The molecule has 10 heteroatoms. The first-order chi connectivity index (χ1) is 21.9. The molecule has 0 aliphatic heterocycles. The van der Waals surface area contributed by atoms with Gasteiger partial charge in [-0.1, -0.05) is 96.9 Å². The van der Waals surface area contributed by atoms with Crippen molar-refractivity contribution in [1.29, 1.82) is 0 Å². The summed E-state index contributed by atoms with van der Waals surface area (Å²) in [4.78, 5) is 30.1. The van der Waals surface area contributed by atoms with Crippen LogP contribution in [0.25, 0.3) is 0 Å². The maximum atomic E-state index is 14.6. The molecule has 2 unspecified atom stereocenters. The predicted octanol–water partition coefficient (Wildman–Crippen LogP) is 7.36. The number of nitrogens with zero attached hydrogens (tertiary/aromatic N) is 2. The second-order valence-corrected chi connectivity index (χ2v) is 14.0. The first-order valence-corrected chi connectivity index (χ1v) is 17.3. The Kier molecular flexibility index (Phi) is 11.9. The van der Waals surface area contributed by atoms with Crippen LogP contribution < -0.4 is 9.62 Å². The third kappa shape index (κ3) is 8.49. The molecule has 7 nitrogen and oxygen atoms in total. The second-order valence-electron chi connectivity index (χ2n) is 11.3. The van der Waals surface area contributed by atoms with Crippen LogP contribution in [-0.4, -0.2) is 43.8 Å². The Balaban J connectivity index is 1.85. The van der Waals surface area contributed by atoms with Crippen molar-refractivity contribution < 1.29 is 18.0 Å². The topological polar surface area (TPSA) is 86.8 Å². The van der Waals surface area contributed by atoms with Gasteiger partial charge in [-0.25, -0.2) is 8.42 Å². The third-order valence-corrected chi connectivity index (χ3v) is 10.6. The molecule has 46 heavy (non-hydrogen) atoms. The van der Waals surface area contributed by atoms with Gasteiger partial charge in [-0.2, -0.15) is 0 Å². The molecule has 0 spiro atoms. The molecule has 1 N–H and O–H groups in total. The molecule has 0 heterocycles. The number of sulfonamides is 1. The zero-order chi connectivity index (χ0) is 33.4. The highest BCUT2D eigenvalue weighted by molar-refractivity contribution is 7.92. The van der Waals surface area contributed by atoms with Gasteiger partial charge in [-0.15, -0.1) is 0 Å². The van der Waals surface area contributed by atoms with Crippen LogP contribution in [0.2, 0.25) is 10.0 Å². The second kappa shape index (κ2) is 15.6. The van der Waals surface area contributed by atoms with Crippen molar-refractivity contribution in [2.45, 2.75) is 64.1 Å². The average Bonchev–Trinajstić information content (AvgIpc) is 3.05. The highest BCUT2D eigenvalue weighted by Crippen LogP contribution is 2.30. The number of nitrogens with one attached hydrogen (secondary N) is 1. The summed E-state index contributed by atoms with van der Waals surface area (Å²) in [5.74, 6) is -0.887. The first-order valence-electron chi connectivity index (χ1n) is 15.1. The smallest absolute Gasteiger partial charge is 0.264 e. The summed E-state index contributed by atoms with van der Waals surface area (Å²) < 4.78 is 29.6. The predicted molar refractivity (Wildman–Crippen MR) is 186 cm³/mol. The first kappa shape index (κ1) is 35.0. The van der Waals surface area contributed by atoms with Crippen molar-refractivity contribution >= 4 is 50.7 Å². The summed E-state index contributed by atoms with van der Waals surface area (Å²) in [6.45, 7) is 7.04. The molecule has 0 aliphatic carbocycles. The summed E-state index contributed by atoms with van der Waals surface area (Å²) >= 11 is 12.6. The Labute approximate surface area is 282 Å². The third-order valence-electron chi connectivity index (χ3n) is 8.06. The van der Waals surface area contributed by atoms with E-state index in [-0.39, 0.29) is 29.8 Å². The van der Waals surface area contributed by atoms with Gasteiger partial charge in [0, 0.05) is 19.0 Å². The molecule has 2 atom stereocenters. The van der Waals surface area contributed by atoms with Crippen LogP contribution in [-0.2, 0) is 32.6 Å². The number of hydrogen-bond acceptors (Lipinski definition) is 4. The molecule has 0 saturated heterocycles. The van der Waals surface area contributed by atoms with E-state index in [1.54, 1.807) is 48.5 Å². The lowest BCUT2D eigenvalue weighted by Gasteiger charge is -2.34. The maximum absolute atomic E-state index is 14.6. The summed E-state index contributed by atoms with van der Waals surface area (Å²) in [6.07, 6.45) is 0.908. The van der Waals surface area contributed by atoms with Gasteiger partial charge in [0.05, 0.1) is 20.6 Å². The number of amides is 2. The lowest BCUT2D eigenvalue weighted by molar-refractivity contribution is -0.140. The van der Waals surface area contributed by atoms with Crippen molar-refractivity contribution in [3.63, 3.8) is 0 Å². The summed E-state index contributed by atoms with van der Waals surface area (Å²) in [7, 11) is -4.19. The molecular weight excluding hydrogens is 641 g/mol. The SMILES string of the molecule is CCC(C)NC(=O)C(Cc1ccccc1)N(Cc1ccc(Cl)c(Cl)c1)C(=O)CN(c1cccc(C)c1C)S(=O)(=O)c1ccccc1. The molecule has 242 valence electrons. The van der Waals surface area contributed by atoms with Gasteiger partial charge >= 0.3 is 0 Å². The molecular formula is C36H39Cl2N3O4S. The fourth-order valence-electron chi connectivity index (χ4n) is 5.07. The molecule has 0 aromatic heterocycles. The highest BCUT2D eigenvalue weighted by Gasteiger charge is 2.35. The fourth-order valence-corrected chi connectivity index (χ4v) is 6.88. The largest absolute Gasteiger partial charge is 0.352 e. The van der Waals surface area contributed by atoms with E-state index in [4.69, 9.17) is 23.2 Å². The monoisotopic (exact) mass is 679 g/mol. The van der Waals surface area contributed by atoms with Crippen LogP contribution in [0.5, 0.6) is 0 Å². The number of benzene rings is 4. The van der Waals surface area contributed by atoms with Crippen molar-refractivity contribution in [3.8, 4) is 0 Å². The van der Waals surface area contributed by atoms with Gasteiger partial charge in [-0.3, -0.25) is 13.9 Å². The minimum Gasteiger partial charge on any atom is -0.352 e. The minimum absolute atomic E-state index is 0.00677. The Hall–Kier alpha value is -3.85. The zero-order valence-electron chi connectivity index (χ0n) is 26.4. The van der Waals surface area contributed by atoms with Gasteiger partial charge in [0.15, 0.2) is 0 Å². The number of anilines is 1. The number of rotatable bonds is 13. The van der Waals surface area contributed by atoms with E-state index >= 15 is 0 Å². The van der Waals surface area contributed by atoms with Gasteiger partial charge < -0.3 is 10.2 Å². The average molecular weight is 681 g/mol. The van der Waals surface area contributed by atoms with Gasteiger partial charge in [0.2, 0.25) is 11.8 Å². The molecule has 0 bridgehead atoms. The van der Waals surface area contributed by atoms with Crippen molar-refractivity contribution in [2.75, 3.05) is 10.8 Å². The van der Waals surface area contributed by atoms with Crippen LogP contribution in [0.4, 0.5) is 5.69 Å². The molecule has 2 amide bonds. The molecule has 0 saturated carbocycles. The molecule has 0 fully saturated rings. The van der Waals surface area contributed by atoms with E-state index < -0.39 is 28.5 Å². The number of halogens is 2. The number of carbonyl (C=O) groups is 2. The molecule has 4 rings (SSSR count). The lowest BCUT2D eigenvalue weighted by Crippen LogP contribution is -2.54. The Morgan fingerprint density at radius 3 is 2.11 bits per heavy atom. The Bertz CT molecular complexity index is 1770. The van der Waals surface area contributed by atoms with E-state index in [0.29, 0.717) is 27.7 Å². The Morgan fingerprint density at radius 2 is 1.48 bits per heavy atom. The van der Waals surface area contributed by atoms with Crippen molar-refractivity contribution in [3.05, 3.63) is 129 Å². The van der Waals surface area contributed by atoms with E-state index in [2.05, 4.69) is 5.32 Å². The number of carbonyl (C=O) groups excluding carboxylic acids is 2. The van der Waals surface area contributed by atoms with E-state index in [9.17, 15) is 18.0 Å². The minimum atomic E-state index is -4.19. The van der Waals surface area contributed by atoms with Crippen LogP contribution in [0.15, 0.2) is 102 Å². The summed E-state index contributed by atoms with van der Waals surface area (Å²) in [5, 5.41) is 3.70. The summed E-state index contributed by atoms with van der Waals surface area (Å²) in [5.41, 5.74) is 3.47. The lowest BCUT2D eigenvalue weighted by atomic mass is 10.0. The van der Waals surface area contributed by atoms with Gasteiger partial charge in [0.1, 0.15) is 12.6 Å². The maximum Gasteiger partial charge on any atom is 0.264 e. The highest BCUT2D eigenvalue weighted by atomic mass is 35.5. The zero-order valence-corrected chi connectivity index (χ0v) is 28.7. The quantitative estimate of drug-likeness (QED) is 0.160. The Morgan fingerprint density at radius 1 is 0.826 bits per heavy atom. The van der Waals surface area contributed by atoms with Gasteiger partial charge in [0.25, 0.3) is 10.0 Å². The van der Waals surface area contributed by atoms with Crippen molar-refractivity contribution in [1.82, 2.24) is 10.2 Å². The fraction of sp³-hybridized carbons (Fsp3) is 0.278. The number of aryl methyl sites for hydroxylation is 1. The van der Waals surface area contributed by atoms with E-state index in [1.165, 1.54) is 17.0 Å². The number of hydrogen-bond donors (Lipinski definition) is 1. The molecule has 0 radical (unpaired) electrons. The van der Waals surface area contributed by atoms with Crippen LogP contribution in [0, 0.1) is 13.8 Å². The molecule has 0 aliphatic rings. The van der Waals surface area contributed by atoms with Crippen molar-refractivity contribution in [2.24, 2.45) is 0 Å². The van der Waals surface area contributed by atoms with Crippen LogP contribution in [0.1, 0.15) is 42.5 Å². The molecule has 4 aromatic carbocycles. The van der Waals surface area contributed by atoms with Crippen LogP contribution in [0.3, 0.4) is 0 Å². The normalized spacial score (nSPS) is 12.7. The van der Waals surface area contributed by atoms with Gasteiger partial charge in [-0.05, 0) is 79.8 Å². The summed E-state index contributed by atoms with van der Waals surface area (Å²) in [6, 6.07) is 26.7. The van der Waals surface area contributed by atoms with Crippen LogP contribution >= 0.6 is 23.2 Å². The van der Waals surface area contributed by atoms with E-state index in [0.717, 1.165) is 21.0 Å². The van der Waals surface area contributed by atoms with E-state index in [1.807, 2.05) is 64.1 Å².